The van der Waals surface area contributed by atoms with Gasteiger partial charge in [0.1, 0.15) is 5.75 Å². The second kappa shape index (κ2) is 14.1. The third-order valence-electron chi connectivity index (χ3n) is 4.02. The first-order valence-corrected chi connectivity index (χ1v) is 9.35. The first kappa shape index (κ1) is 23.0. The third-order valence-corrected chi connectivity index (χ3v) is 4.02. The molecule has 0 amide bonds. The zero-order valence-corrected chi connectivity index (χ0v) is 18.3. The molecule has 7 heteroatoms. The van der Waals surface area contributed by atoms with Gasteiger partial charge in [-0.3, -0.25) is 4.90 Å². The lowest BCUT2D eigenvalue weighted by atomic mass is 10.2. The Kier molecular flexibility index (Phi) is 12.4. The van der Waals surface area contributed by atoms with Crippen molar-refractivity contribution in [1.82, 2.24) is 15.5 Å². The molecule has 0 radical (unpaired) electrons. The van der Waals surface area contributed by atoms with Crippen LogP contribution in [0.2, 0.25) is 0 Å². The molecule has 1 aromatic rings. The summed E-state index contributed by atoms with van der Waals surface area (Å²) in [5, 5.41) is 6.73. The second-order valence-electron chi connectivity index (χ2n) is 6.01. The molecule has 1 aliphatic rings. The van der Waals surface area contributed by atoms with Gasteiger partial charge in [0.05, 0.1) is 26.4 Å². The lowest BCUT2D eigenvalue weighted by Crippen LogP contribution is -2.40. The van der Waals surface area contributed by atoms with Crippen LogP contribution in [0.25, 0.3) is 0 Å². The first-order valence-electron chi connectivity index (χ1n) is 9.35. The first-order chi connectivity index (χ1) is 12.3. The molecule has 0 spiro atoms. The summed E-state index contributed by atoms with van der Waals surface area (Å²) in [6, 6.07) is 8.12. The Hall–Kier alpha value is -1.06. The van der Waals surface area contributed by atoms with Crippen LogP contribution in [0.4, 0.5) is 0 Å². The molecule has 1 aromatic carbocycles. The molecule has 0 aromatic heterocycles. The second-order valence-corrected chi connectivity index (χ2v) is 6.01. The van der Waals surface area contributed by atoms with Crippen LogP contribution in [0.1, 0.15) is 25.8 Å². The molecule has 0 saturated carbocycles. The lowest BCUT2D eigenvalue weighted by molar-refractivity contribution is 0.0376. The average molecular weight is 476 g/mol. The minimum absolute atomic E-state index is 0. The Labute approximate surface area is 174 Å². The number of rotatable bonds is 9. The van der Waals surface area contributed by atoms with Crippen molar-refractivity contribution in [3.8, 4) is 5.75 Å². The summed E-state index contributed by atoms with van der Waals surface area (Å²) in [5.41, 5.74) is 1.15. The van der Waals surface area contributed by atoms with Gasteiger partial charge < -0.3 is 20.1 Å². The highest BCUT2D eigenvalue weighted by Crippen LogP contribution is 2.13. The summed E-state index contributed by atoms with van der Waals surface area (Å²) in [4.78, 5) is 7.13. The van der Waals surface area contributed by atoms with E-state index in [0.717, 1.165) is 69.6 Å². The number of nitrogens with one attached hydrogen (secondary N) is 2. The van der Waals surface area contributed by atoms with Crippen molar-refractivity contribution < 1.29 is 9.47 Å². The zero-order valence-electron chi connectivity index (χ0n) is 16.0. The smallest absolute Gasteiger partial charge is 0.191 e. The fraction of sp³-hybridized carbons (Fsp3) is 0.632. The Morgan fingerprint density at radius 3 is 2.77 bits per heavy atom. The van der Waals surface area contributed by atoms with Gasteiger partial charge in [-0.25, -0.2) is 4.99 Å². The average Bonchev–Trinajstić information content (AvgIpc) is 2.64. The molecule has 1 fully saturated rings. The van der Waals surface area contributed by atoms with Crippen LogP contribution < -0.4 is 15.4 Å². The largest absolute Gasteiger partial charge is 0.494 e. The number of benzene rings is 1. The van der Waals surface area contributed by atoms with Crippen LogP contribution in [-0.2, 0) is 11.3 Å². The number of aliphatic imine (C=N–C) groups is 1. The standard InChI is InChI=1S/C19H32N4O2.HI/c1-3-20-19(21-9-6-10-23-11-13-24-14-12-23)22-16-17-7-5-8-18(15-17)25-4-2;/h5,7-8,15H,3-4,6,9-14,16H2,1-2H3,(H2,20,21,22);1H. The molecule has 1 aliphatic heterocycles. The van der Waals surface area contributed by atoms with E-state index in [1.165, 1.54) is 0 Å². The molecule has 26 heavy (non-hydrogen) atoms. The van der Waals surface area contributed by atoms with Crippen molar-refractivity contribution in [2.45, 2.75) is 26.8 Å². The Morgan fingerprint density at radius 1 is 1.23 bits per heavy atom. The van der Waals surface area contributed by atoms with Crippen LogP contribution in [-0.4, -0.2) is 63.4 Å². The fourth-order valence-electron chi connectivity index (χ4n) is 2.75. The van der Waals surface area contributed by atoms with Crippen LogP contribution >= 0.6 is 24.0 Å². The van der Waals surface area contributed by atoms with Crippen molar-refractivity contribution in [3.63, 3.8) is 0 Å². The fourth-order valence-corrected chi connectivity index (χ4v) is 2.75. The van der Waals surface area contributed by atoms with Gasteiger partial charge in [-0.05, 0) is 44.5 Å². The van der Waals surface area contributed by atoms with Crippen molar-refractivity contribution in [3.05, 3.63) is 29.8 Å². The Balaban J connectivity index is 0.00000338. The predicted octanol–water partition coefficient (Wildman–Crippen LogP) is 2.48. The van der Waals surface area contributed by atoms with E-state index in [2.05, 4.69) is 39.6 Å². The number of hydrogen-bond donors (Lipinski definition) is 2. The van der Waals surface area contributed by atoms with E-state index < -0.39 is 0 Å². The molecule has 1 heterocycles. The van der Waals surface area contributed by atoms with E-state index in [9.17, 15) is 0 Å². The number of nitrogens with zero attached hydrogens (tertiary/aromatic N) is 2. The molecule has 0 aliphatic carbocycles. The van der Waals surface area contributed by atoms with E-state index >= 15 is 0 Å². The molecule has 1 saturated heterocycles. The van der Waals surface area contributed by atoms with Crippen molar-refractivity contribution in [1.29, 1.82) is 0 Å². The summed E-state index contributed by atoms with van der Waals surface area (Å²) in [7, 11) is 0. The van der Waals surface area contributed by atoms with Crippen molar-refractivity contribution in [2.75, 3.05) is 52.5 Å². The number of ether oxygens (including phenoxy) is 2. The lowest BCUT2D eigenvalue weighted by Gasteiger charge is -2.26. The van der Waals surface area contributed by atoms with Crippen LogP contribution in [0.5, 0.6) is 5.75 Å². The molecular formula is C19H33IN4O2. The summed E-state index contributed by atoms with van der Waals surface area (Å²) >= 11 is 0. The zero-order chi connectivity index (χ0) is 17.7. The van der Waals surface area contributed by atoms with Gasteiger partial charge in [0.25, 0.3) is 0 Å². The molecule has 148 valence electrons. The van der Waals surface area contributed by atoms with E-state index in [1.54, 1.807) is 0 Å². The molecule has 6 nitrogen and oxygen atoms in total. The third kappa shape index (κ3) is 9.05. The Morgan fingerprint density at radius 2 is 2.04 bits per heavy atom. The number of morpholine rings is 1. The predicted molar refractivity (Wildman–Crippen MR) is 118 cm³/mol. The van der Waals surface area contributed by atoms with Crippen LogP contribution in [0.15, 0.2) is 29.3 Å². The van der Waals surface area contributed by atoms with Crippen LogP contribution in [0.3, 0.4) is 0 Å². The minimum Gasteiger partial charge on any atom is -0.494 e. The molecule has 2 N–H and O–H groups in total. The van der Waals surface area contributed by atoms with Gasteiger partial charge in [-0.1, -0.05) is 12.1 Å². The van der Waals surface area contributed by atoms with Crippen molar-refractivity contribution in [2.24, 2.45) is 4.99 Å². The van der Waals surface area contributed by atoms with Gasteiger partial charge in [-0.15, -0.1) is 24.0 Å². The monoisotopic (exact) mass is 476 g/mol. The summed E-state index contributed by atoms with van der Waals surface area (Å²) < 4.78 is 10.9. The summed E-state index contributed by atoms with van der Waals surface area (Å²) in [6.45, 7) is 12.1. The van der Waals surface area contributed by atoms with E-state index in [1.807, 2.05) is 19.1 Å². The molecule has 0 bridgehead atoms. The highest BCUT2D eigenvalue weighted by atomic mass is 127. The van der Waals surface area contributed by atoms with Gasteiger partial charge in [-0.2, -0.15) is 0 Å². The highest BCUT2D eigenvalue weighted by Gasteiger charge is 2.09. The quantitative estimate of drug-likeness (QED) is 0.248. The molecular weight excluding hydrogens is 443 g/mol. The van der Waals surface area contributed by atoms with Gasteiger partial charge >= 0.3 is 0 Å². The highest BCUT2D eigenvalue weighted by molar-refractivity contribution is 14.0. The Bertz CT molecular complexity index is 522. The summed E-state index contributed by atoms with van der Waals surface area (Å²) in [5.74, 6) is 1.77. The molecule has 0 atom stereocenters. The number of hydrogen-bond acceptors (Lipinski definition) is 4. The topological polar surface area (TPSA) is 58.1 Å². The maximum absolute atomic E-state index is 5.54. The van der Waals surface area contributed by atoms with E-state index in [-0.39, 0.29) is 24.0 Å². The van der Waals surface area contributed by atoms with Gasteiger partial charge in [0.2, 0.25) is 0 Å². The van der Waals surface area contributed by atoms with Crippen molar-refractivity contribution >= 4 is 29.9 Å². The molecule has 0 unspecified atom stereocenters. The number of guanidine groups is 1. The van der Waals surface area contributed by atoms with Crippen LogP contribution in [0, 0.1) is 0 Å². The van der Waals surface area contributed by atoms with E-state index in [4.69, 9.17) is 9.47 Å². The van der Waals surface area contributed by atoms with Gasteiger partial charge in [0.15, 0.2) is 5.96 Å². The minimum atomic E-state index is 0. The SMILES string of the molecule is CCNC(=NCc1cccc(OCC)c1)NCCCN1CCOCC1.I. The normalized spacial score (nSPS) is 15.2. The molecule has 2 rings (SSSR count). The van der Waals surface area contributed by atoms with E-state index in [0.29, 0.717) is 13.2 Å². The van der Waals surface area contributed by atoms with Gasteiger partial charge in [0, 0.05) is 26.2 Å². The maximum Gasteiger partial charge on any atom is 0.191 e. The number of halogens is 1. The maximum atomic E-state index is 5.54. The summed E-state index contributed by atoms with van der Waals surface area (Å²) in [6.07, 6.45) is 1.10.